The maximum Gasteiger partial charge on any atom is 0.315 e. The molecule has 20 heavy (non-hydrogen) atoms. The van der Waals surface area contributed by atoms with Gasteiger partial charge in [0.2, 0.25) is 0 Å². The predicted molar refractivity (Wildman–Crippen MR) is 80.7 cm³/mol. The normalized spacial score (nSPS) is 12.1. The zero-order valence-electron chi connectivity index (χ0n) is 11.8. The second-order valence-electron chi connectivity index (χ2n) is 4.86. The minimum absolute atomic E-state index is 0.00314. The molecule has 2 aromatic rings. The molecule has 0 aliphatic heterocycles. The third-order valence-corrected chi connectivity index (χ3v) is 3.06. The molecule has 2 N–H and O–H groups in total. The van der Waals surface area contributed by atoms with Gasteiger partial charge in [-0.25, -0.2) is 4.79 Å². The summed E-state index contributed by atoms with van der Waals surface area (Å²) in [5.41, 5.74) is 1.08. The highest BCUT2D eigenvalue weighted by Gasteiger charge is 2.06. The highest BCUT2D eigenvalue weighted by Crippen LogP contribution is 2.15. The minimum atomic E-state index is -0.178. The van der Waals surface area contributed by atoms with Crippen LogP contribution in [0, 0.1) is 0 Å². The van der Waals surface area contributed by atoms with Gasteiger partial charge in [0.15, 0.2) is 0 Å². The molecule has 4 nitrogen and oxygen atoms in total. The molecule has 1 atom stereocenters. The number of fused-ring (bicyclic) bond motifs is 1. The summed E-state index contributed by atoms with van der Waals surface area (Å²) in [6.07, 6.45) is 0. The van der Waals surface area contributed by atoms with E-state index in [2.05, 4.69) is 34.9 Å². The molecule has 0 aliphatic carbocycles. The van der Waals surface area contributed by atoms with E-state index >= 15 is 0 Å². The summed E-state index contributed by atoms with van der Waals surface area (Å²) in [5.74, 6) is 0. The predicted octanol–water partition coefficient (Wildman–Crippen LogP) is 2.67. The lowest BCUT2D eigenvalue weighted by atomic mass is 10.1. The molecule has 2 rings (SSSR count). The summed E-state index contributed by atoms with van der Waals surface area (Å²) in [6.45, 7) is 2.92. The third kappa shape index (κ3) is 3.96. The molecule has 0 radical (unpaired) electrons. The average Bonchev–Trinajstić information content (AvgIpc) is 2.45. The van der Waals surface area contributed by atoms with Crippen molar-refractivity contribution in [2.75, 3.05) is 13.7 Å². The number of hydrogen-bond acceptors (Lipinski definition) is 2. The number of amides is 2. The van der Waals surface area contributed by atoms with Gasteiger partial charge in [0.25, 0.3) is 0 Å². The second-order valence-corrected chi connectivity index (χ2v) is 4.86. The quantitative estimate of drug-likeness (QED) is 0.879. The van der Waals surface area contributed by atoms with E-state index in [1.165, 1.54) is 10.8 Å². The Balaban J connectivity index is 1.90. The summed E-state index contributed by atoms with van der Waals surface area (Å²) in [7, 11) is 1.62. The van der Waals surface area contributed by atoms with Crippen molar-refractivity contribution in [3.05, 3.63) is 48.0 Å². The van der Waals surface area contributed by atoms with Gasteiger partial charge < -0.3 is 15.4 Å². The Bertz CT molecular complexity index is 583. The van der Waals surface area contributed by atoms with Gasteiger partial charge in [0, 0.05) is 13.7 Å². The van der Waals surface area contributed by atoms with Gasteiger partial charge in [0.1, 0.15) is 0 Å². The Kier molecular flexibility index (Phi) is 4.96. The highest BCUT2D eigenvalue weighted by molar-refractivity contribution is 5.83. The summed E-state index contributed by atoms with van der Waals surface area (Å²) >= 11 is 0. The van der Waals surface area contributed by atoms with Crippen LogP contribution in [0.3, 0.4) is 0 Å². The molecule has 0 bridgehead atoms. The van der Waals surface area contributed by atoms with Crippen LogP contribution in [0.1, 0.15) is 12.5 Å². The number of carbonyl (C=O) groups excluding carboxylic acids is 1. The lowest BCUT2D eigenvalue weighted by molar-refractivity contribution is 0.171. The van der Waals surface area contributed by atoms with Gasteiger partial charge in [0.05, 0.1) is 12.6 Å². The van der Waals surface area contributed by atoms with Crippen molar-refractivity contribution in [1.82, 2.24) is 10.6 Å². The average molecular weight is 272 g/mol. The van der Waals surface area contributed by atoms with Gasteiger partial charge in [-0.15, -0.1) is 0 Å². The van der Waals surface area contributed by atoms with Crippen molar-refractivity contribution in [2.45, 2.75) is 19.5 Å². The fourth-order valence-electron chi connectivity index (χ4n) is 2.10. The molecule has 0 saturated heterocycles. The van der Waals surface area contributed by atoms with E-state index in [4.69, 9.17) is 4.74 Å². The van der Waals surface area contributed by atoms with Gasteiger partial charge >= 0.3 is 6.03 Å². The Labute approximate surface area is 119 Å². The Morgan fingerprint density at radius 2 is 1.95 bits per heavy atom. The second kappa shape index (κ2) is 6.91. The molecule has 0 spiro atoms. The summed E-state index contributed by atoms with van der Waals surface area (Å²) in [4.78, 5) is 11.7. The van der Waals surface area contributed by atoms with Crippen LogP contribution in [0.2, 0.25) is 0 Å². The number of hydrogen-bond donors (Lipinski definition) is 2. The molecule has 0 aromatic heterocycles. The number of methoxy groups -OCH3 is 1. The van der Waals surface area contributed by atoms with Crippen molar-refractivity contribution in [1.29, 1.82) is 0 Å². The molecule has 0 aliphatic rings. The van der Waals surface area contributed by atoms with Crippen LogP contribution in [0.25, 0.3) is 10.8 Å². The van der Waals surface area contributed by atoms with Gasteiger partial charge in [-0.3, -0.25) is 0 Å². The monoisotopic (exact) mass is 272 g/mol. The van der Waals surface area contributed by atoms with Crippen molar-refractivity contribution in [2.24, 2.45) is 0 Å². The number of ether oxygens (including phenoxy) is 1. The fourth-order valence-corrected chi connectivity index (χ4v) is 2.10. The van der Waals surface area contributed by atoms with E-state index in [9.17, 15) is 4.79 Å². The molecule has 2 aromatic carbocycles. The Morgan fingerprint density at radius 1 is 1.20 bits per heavy atom. The smallest absolute Gasteiger partial charge is 0.315 e. The first kappa shape index (κ1) is 14.3. The van der Waals surface area contributed by atoms with Crippen molar-refractivity contribution in [3.8, 4) is 0 Å². The van der Waals surface area contributed by atoms with Crippen LogP contribution in [-0.2, 0) is 11.3 Å². The van der Waals surface area contributed by atoms with Crippen LogP contribution >= 0.6 is 0 Å². The lowest BCUT2D eigenvalue weighted by Crippen LogP contribution is -2.42. The van der Waals surface area contributed by atoms with E-state index in [1.807, 2.05) is 25.1 Å². The molecular weight excluding hydrogens is 252 g/mol. The Hall–Kier alpha value is -2.07. The molecule has 106 valence electrons. The van der Waals surface area contributed by atoms with Crippen molar-refractivity contribution >= 4 is 16.8 Å². The SMILES string of the molecule is COCC(C)NC(=O)NCc1ccc2ccccc2c1. The van der Waals surface area contributed by atoms with E-state index in [0.29, 0.717) is 13.2 Å². The van der Waals surface area contributed by atoms with Crippen LogP contribution in [0.5, 0.6) is 0 Å². The van der Waals surface area contributed by atoms with Crippen LogP contribution in [0.15, 0.2) is 42.5 Å². The maximum absolute atomic E-state index is 11.7. The zero-order chi connectivity index (χ0) is 14.4. The molecule has 2 amide bonds. The van der Waals surface area contributed by atoms with E-state index in [0.717, 1.165) is 5.56 Å². The van der Waals surface area contributed by atoms with Gasteiger partial charge in [-0.1, -0.05) is 36.4 Å². The third-order valence-electron chi connectivity index (χ3n) is 3.06. The first-order valence-electron chi connectivity index (χ1n) is 6.70. The molecule has 0 fully saturated rings. The number of urea groups is 1. The standard InChI is InChI=1S/C16H20N2O2/c1-12(11-20-2)18-16(19)17-10-13-7-8-14-5-3-4-6-15(14)9-13/h3-9,12H,10-11H2,1-2H3,(H2,17,18,19). The summed E-state index contributed by atoms with van der Waals surface area (Å²) in [5, 5.41) is 8.04. The van der Waals surface area contributed by atoms with Crippen LogP contribution in [-0.4, -0.2) is 25.8 Å². The zero-order valence-corrected chi connectivity index (χ0v) is 11.8. The number of rotatable bonds is 5. The number of nitrogens with one attached hydrogen (secondary N) is 2. The van der Waals surface area contributed by atoms with Crippen molar-refractivity contribution in [3.63, 3.8) is 0 Å². The van der Waals surface area contributed by atoms with E-state index in [1.54, 1.807) is 7.11 Å². The van der Waals surface area contributed by atoms with E-state index in [-0.39, 0.29) is 12.1 Å². The lowest BCUT2D eigenvalue weighted by Gasteiger charge is -2.13. The summed E-state index contributed by atoms with van der Waals surface area (Å²) < 4.78 is 4.97. The highest BCUT2D eigenvalue weighted by atomic mass is 16.5. The Morgan fingerprint density at radius 3 is 2.70 bits per heavy atom. The molecule has 0 heterocycles. The first-order valence-corrected chi connectivity index (χ1v) is 6.70. The van der Waals surface area contributed by atoms with Crippen molar-refractivity contribution < 1.29 is 9.53 Å². The largest absolute Gasteiger partial charge is 0.383 e. The van der Waals surface area contributed by atoms with Crippen LogP contribution in [0.4, 0.5) is 4.79 Å². The molecule has 4 heteroatoms. The minimum Gasteiger partial charge on any atom is -0.383 e. The first-order chi connectivity index (χ1) is 9.69. The maximum atomic E-state index is 11.7. The van der Waals surface area contributed by atoms with Crippen LogP contribution < -0.4 is 10.6 Å². The number of carbonyl (C=O) groups is 1. The number of benzene rings is 2. The topological polar surface area (TPSA) is 50.4 Å². The van der Waals surface area contributed by atoms with E-state index < -0.39 is 0 Å². The molecule has 1 unspecified atom stereocenters. The van der Waals surface area contributed by atoms with Gasteiger partial charge in [-0.2, -0.15) is 0 Å². The van der Waals surface area contributed by atoms with Gasteiger partial charge in [-0.05, 0) is 29.3 Å². The summed E-state index contributed by atoms with van der Waals surface area (Å²) in [6, 6.07) is 14.2. The molecular formula is C16H20N2O2. The fraction of sp³-hybridized carbons (Fsp3) is 0.312. The molecule has 0 saturated carbocycles.